The third-order valence-corrected chi connectivity index (χ3v) is 5.45. The van der Waals surface area contributed by atoms with E-state index in [1.54, 1.807) is 30.5 Å². The number of amides is 1. The molecule has 172 valence electrons. The van der Waals surface area contributed by atoms with Gasteiger partial charge in [0.05, 0.1) is 23.7 Å². The number of benzene rings is 2. The molecule has 0 saturated heterocycles. The molecule has 34 heavy (non-hydrogen) atoms. The molecule has 0 saturated carbocycles. The quantitative estimate of drug-likeness (QED) is 0.369. The number of hydrogen-bond acceptors (Lipinski definition) is 4. The molecule has 0 fully saturated rings. The molecule has 2 aromatic carbocycles. The summed E-state index contributed by atoms with van der Waals surface area (Å²) < 4.78 is 46.7. The van der Waals surface area contributed by atoms with Gasteiger partial charge in [-0.2, -0.15) is 13.2 Å². The van der Waals surface area contributed by atoms with Gasteiger partial charge in [0.15, 0.2) is 0 Å². The van der Waals surface area contributed by atoms with E-state index in [4.69, 9.17) is 4.74 Å². The van der Waals surface area contributed by atoms with Crippen LogP contribution in [0.2, 0.25) is 0 Å². The van der Waals surface area contributed by atoms with Crippen molar-refractivity contribution in [2.24, 2.45) is 0 Å². The molecule has 0 aliphatic carbocycles. The summed E-state index contributed by atoms with van der Waals surface area (Å²) in [7, 11) is 1.32. The highest BCUT2D eigenvalue weighted by Crippen LogP contribution is 2.36. The summed E-state index contributed by atoms with van der Waals surface area (Å²) in [5, 5.41) is 2.68. The Kier molecular flexibility index (Phi) is 5.00. The standard InChI is InChI=1S/C24H18F3N5O2/c1-13-4-3-5-21-28-20(12-32(13)21)22(33)31-23-29-18-7-6-14(10-19(18)30-23)15-8-16(24(25,26)27)11-17(9-15)34-2/h3-12H,1-2H3,(H2,29,30,31,33). The maximum atomic E-state index is 13.3. The molecule has 0 bridgehead atoms. The predicted octanol–water partition coefficient (Wildman–Crippen LogP) is 5.47. The van der Waals surface area contributed by atoms with Crippen LogP contribution in [0.5, 0.6) is 5.75 Å². The number of H-pyrrole nitrogens is 1. The zero-order valence-electron chi connectivity index (χ0n) is 18.1. The number of pyridine rings is 1. The number of aromatic amines is 1. The maximum Gasteiger partial charge on any atom is 0.416 e. The van der Waals surface area contributed by atoms with E-state index >= 15 is 0 Å². The van der Waals surface area contributed by atoms with Crippen LogP contribution < -0.4 is 10.1 Å². The molecule has 7 nitrogen and oxygen atoms in total. The summed E-state index contributed by atoms with van der Waals surface area (Å²) in [4.78, 5) is 24.4. The van der Waals surface area contributed by atoms with Crippen molar-refractivity contribution < 1.29 is 22.7 Å². The van der Waals surface area contributed by atoms with Gasteiger partial charge >= 0.3 is 6.18 Å². The van der Waals surface area contributed by atoms with E-state index < -0.39 is 17.6 Å². The van der Waals surface area contributed by atoms with Crippen molar-refractivity contribution in [3.8, 4) is 16.9 Å². The normalized spacial score (nSPS) is 11.8. The highest BCUT2D eigenvalue weighted by atomic mass is 19.4. The number of alkyl halides is 3. The van der Waals surface area contributed by atoms with E-state index in [1.807, 2.05) is 23.5 Å². The summed E-state index contributed by atoms with van der Waals surface area (Å²) in [5.74, 6) is -0.136. The zero-order chi connectivity index (χ0) is 24.0. The lowest BCUT2D eigenvalue weighted by Crippen LogP contribution is -2.13. The number of halogens is 3. The van der Waals surface area contributed by atoms with Gasteiger partial charge < -0.3 is 14.1 Å². The molecule has 3 aromatic heterocycles. The Balaban J connectivity index is 1.45. The topological polar surface area (TPSA) is 84.3 Å². The van der Waals surface area contributed by atoms with Crippen molar-refractivity contribution in [3.63, 3.8) is 0 Å². The van der Waals surface area contributed by atoms with Gasteiger partial charge in [-0.1, -0.05) is 12.1 Å². The largest absolute Gasteiger partial charge is 0.497 e. The minimum Gasteiger partial charge on any atom is -0.497 e. The number of imidazole rings is 2. The summed E-state index contributed by atoms with van der Waals surface area (Å²) >= 11 is 0. The van der Waals surface area contributed by atoms with Gasteiger partial charge in [-0.15, -0.1) is 0 Å². The number of carbonyl (C=O) groups is 1. The van der Waals surface area contributed by atoms with E-state index in [0.717, 1.165) is 17.8 Å². The Morgan fingerprint density at radius 1 is 1.06 bits per heavy atom. The van der Waals surface area contributed by atoms with E-state index in [2.05, 4.69) is 20.3 Å². The van der Waals surface area contributed by atoms with Crippen molar-refractivity contribution in [1.29, 1.82) is 0 Å². The van der Waals surface area contributed by atoms with E-state index in [9.17, 15) is 18.0 Å². The lowest BCUT2D eigenvalue weighted by atomic mass is 10.0. The van der Waals surface area contributed by atoms with Crippen molar-refractivity contribution in [1.82, 2.24) is 19.4 Å². The first kappa shape index (κ1) is 21.5. The number of aromatic nitrogens is 4. The van der Waals surface area contributed by atoms with Crippen LogP contribution in [-0.2, 0) is 6.18 Å². The molecule has 0 atom stereocenters. The van der Waals surface area contributed by atoms with Gasteiger partial charge in [0, 0.05) is 11.9 Å². The van der Waals surface area contributed by atoms with E-state index in [1.165, 1.54) is 13.2 Å². The number of carbonyl (C=O) groups excluding carboxylic acids is 1. The fourth-order valence-electron chi connectivity index (χ4n) is 3.72. The monoisotopic (exact) mass is 465 g/mol. The lowest BCUT2D eigenvalue weighted by molar-refractivity contribution is -0.137. The summed E-state index contributed by atoms with van der Waals surface area (Å²) in [6.45, 7) is 1.91. The first-order valence-corrected chi connectivity index (χ1v) is 10.2. The molecule has 0 aliphatic rings. The van der Waals surface area contributed by atoms with Crippen molar-refractivity contribution in [3.05, 3.63) is 77.7 Å². The van der Waals surface area contributed by atoms with Crippen LogP contribution in [0.4, 0.5) is 19.1 Å². The molecule has 3 heterocycles. The molecular formula is C24H18F3N5O2. The summed E-state index contributed by atoms with van der Waals surface area (Å²) in [5.41, 5.74) is 2.98. The number of nitrogens with one attached hydrogen (secondary N) is 2. The van der Waals surface area contributed by atoms with Crippen LogP contribution >= 0.6 is 0 Å². The van der Waals surface area contributed by atoms with Gasteiger partial charge in [-0.25, -0.2) is 9.97 Å². The number of methoxy groups -OCH3 is 1. The number of aryl methyl sites for hydroxylation is 1. The lowest BCUT2D eigenvalue weighted by Gasteiger charge is -2.12. The van der Waals surface area contributed by atoms with Gasteiger partial charge in [0.1, 0.15) is 17.1 Å². The zero-order valence-corrected chi connectivity index (χ0v) is 18.1. The van der Waals surface area contributed by atoms with Crippen LogP contribution in [-0.4, -0.2) is 32.4 Å². The summed E-state index contributed by atoms with van der Waals surface area (Å²) in [6, 6.07) is 14.1. The van der Waals surface area contributed by atoms with Crippen LogP contribution in [0.1, 0.15) is 21.7 Å². The predicted molar refractivity (Wildman–Crippen MR) is 121 cm³/mol. The molecule has 0 spiro atoms. The Bertz CT molecular complexity index is 1550. The first-order valence-electron chi connectivity index (χ1n) is 10.2. The number of fused-ring (bicyclic) bond motifs is 2. The van der Waals surface area contributed by atoms with Crippen LogP contribution in [0.15, 0.2) is 60.8 Å². The van der Waals surface area contributed by atoms with E-state index in [-0.39, 0.29) is 17.4 Å². The third-order valence-electron chi connectivity index (χ3n) is 5.45. The Morgan fingerprint density at radius 3 is 2.62 bits per heavy atom. The molecule has 5 rings (SSSR count). The molecular weight excluding hydrogens is 447 g/mol. The Morgan fingerprint density at radius 2 is 1.88 bits per heavy atom. The highest BCUT2D eigenvalue weighted by molar-refractivity contribution is 6.03. The highest BCUT2D eigenvalue weighted by Gasteiger charge is 2.31. The molecule has 0 aliphatic heterocycles. The minimum absolute atomic E-state index is 0.102. The second kappa shape index (κ2) is 7.91. The SMILES string of the molecule is COc1cc(-c2ccc3nc(NC(=O)c4cn5c(C)cccc5n4)[nH]c3c2)cc(C(F)(F)F)c1. The smallest absolute Gasteiger partial charge is 0.416 e. The van der Waals surface area contributed by atoms with Crippen LogP contribution in [0.3, 0.4) is 0 Å². The van der Waals surface area contributed by atoms with Gasteiger partial charge in [-0.3, -0.25) is 10.1 Å². The second-order valence-corrected chi connectivity index (χ2v) is 7.74. The van der Waals surface area contributed by atoms with Gasteiger partial charge in [-0.05, 0) is 60.5 Å². The van der Waals surface area contributed by atoms with Crippen molar-refractivity contribution in [2.75, 3.05) is 12.4 Å². The molecule has 2 N–H and O–H groups in total. The average Bonchev–Trinajstić information content (AvgIpc) is 3.42. The number of hydrogen-bond donors (Lipinski definition) is 2. The van der Waals surface area contributed by atoms with Crippen molar-refractivity contribution >= 4 is 28.5 Å². The fraction of sp³-hybridized carbons (Fsp3) is 0.125. The van der Waals surface area contributed by atoms with Gasteiger partial charge in [0.25, 0.3) is 5.91 Å². The van der Waals surface area contributed by atoms with Gasteiger partial charge in [0.2, 0.25) is 5.95 Å². The Hall–Kier alpha value is -4.34. The Labute approximate surface area is 191 Å². The average molecular weight is 465 g/mol. The molecule has 1 amide bonds. The number of anilines is 1. The third kappa shape index (κ3) is 3.94. The van der Waals surface area contributed by atoms with Crippen molar-refractivity contribution in [2.45, 2.75) is 13.1 Å². The molecule has 10 heteroatoms. The molecule has 0 radical (unpaired) electrons. The number of ether oxygens (including phenoxy) is 1. The fourth-order valence-corrected chi connectivity index (χ4v) is 3.72. The maximum absolute atomic E-state index is 13.3. The minimum atomic E-state index is -4.50. The number of rotatable bonds is 4. The number of nitrogens with zero attached hydrogens (tertiary/aromatic N) is 3. The molecule has 5 aromatic rings. The first-order chi connectivity index (χ1) is 16.2. The summed E-state index contributed by atoms with van der Waals surface area (Å²) in [6.07, 6.45) is -2.86. The van der Waals surface area contributed by atoms with E-state index in [0.29, 0.717) is 27.8 Å². The van der Waals surface area contributed by atoms with Crippen LogP contribution in [0, 0.1) is 6.92 Å². The molecule has 0 unspecified atom stereocenters. The second-order valence-electron chi connectivity index (χ2n) is 7.74. The van der Waals surface area contributed by atoms with Crippen LogP contribution in [0.25, 0.3) is 27.8 Å².